The van der Waals surface area contributed by atoms with Crippen molar-refractivity contribution in [1.29, 1.82) is 0 Å². The summed E-state index contributed by atoms with van der Waals surface area (Å²) in [4.78, 5) is 46.5. The first-order valence-electron chi connectivity index (χ1n) is 17.1. The maximum atomic E-state index is 12.4. The first-order chi connectivity index (χ1) is 24.3. The zero-order chi connectivity index (χ0) is 37.5. The van der Waals surface area contributed by atoms with Crippen molar-refractivity contribution in [1.82, 2.24) is 5.32 Å². The number of carbonyl (C=O) groups is 3. The van der Waals surface area contributed by atoms with Gasteiger partial charge in [-0.25, -0.2) is 0 Å². The molecule has 18 heteroatoms. The van der Waals surface area contributed by atoms with Gasteiger partial charge in [0.15, 0.2) is 6.29 Å². The molecule has 0 saturated carbocycles. The Morgan fingerprint density at radius 1 is 0.725 bits per heavy atom. The van der Waals surface area contributed by atoms with E-state index in [1.807, 2.05) is 0 Å². The number of unbranched alkanes of at least 4 members (excludes halogenated alkanes) is 7. The van der Waals surface area contributed by atoms with Crippen molar-refractivity contribution in [2.75, 3.05) is 20.3 Å². The summed E-state index contributed by atoms with van der Waals surface area (Å²) in [5.41, 5.74) is -0.169. The third-order valence-electron chi connectivity index (χ3n) is 8.60. The fraction of sp³-hybridized carbons (Fsp3) is 0.727. The van der Waals surface area contributed by atoms with E-state index in [0.29, 0.717) is 12.8 Å². The Hall–Kier alpha value is -3.49. The van der Waals surface area contributed by atoms with Crippen molar-refractivity contribution in [2.24, 2.45) is 0 Å². The van der Waals surface area contributed by atoms with Crippen molar-refractivity contribution in [3.05, 3.63) is 34.4 Å². The third kappa shape index (κ3) is 13.2. The van der Waals surface area contributed by atoms with E-state index >= 15 is 0 Å². The summed E-state index contributed by atoms with van der Waals surface area (Å²) in [6.07, 6.45) is -5.21. The first-order valence-corrected chi connectivity index (χ1v) is 17.1. The Balaban J connectivity index is 1.26. The predicted octanol–water partition coefficient (Wildman–Crippen LogP) is 0.366. The molecule has 3 rings (SSSR count). The Labute approximate surface area is 295 Å². The first kappa shape index (κ1) is 41.9. The van der Waals surface area contributed by atoms with Gasteiger partial charge in [-0.3, -0.25) is 24.5 Å². The van der Waals surface area contributed by atoms with Crippen LogP contribution < -0.4 is 10.1 Å². The molecular weight excluding hydrogens is 680 g/mol. The highest BCUT2D eigenvalue weighted by atomic mass is 16.7. The van der Waals surface area contributed by atoms with Gasteiger partial charge in [0.05, 0.1) is 4.92 Å². The quantitative estimate of drug-likeness (QED) is 0.0458. The number of ether oxygens (including phenoxy) is 6. The zero-order valence-corrected chi connectivity index (χ0v) is 28.7. The van der Waals surface area contributed by atoms with Crippen LogP contribution in [0.15, 0.2) is 24.3 Å². The number of non-ortho nitro benzene ring substituents is 1. The number of methoxy groups -OCH3 is 1. The summed E-state index contributed by atoms with van der Waals surface area (Å²) in [6, 6.07) is 3.88. The van der Waals surface area contributed by atoms with Gasteiger partial charge in [-0.05, 0) is 25.0 Å². The molecule has 0 spiro atoms. The summed E-state index contributed by atoms with van der Waals surface area (Å²) in [5.74, 6) is -1.35. The molecule has 0 radical (unpaired) electrons. The molecule has 51 heavy (non-hydrogen) atoms. The maximum absolute atomic E-state index is 12.4. The van der Waals surface area contributed by atoms with Crippen LogP contribution in [0, 0.1) is 10.1 Å². The van der Waals surface area contributed by atoms with Gasteiger partial charge in [-0.2, -0.15) is 0 Å². The van der Waals surface area contributed by atoms with Gasteiger partial charge in [-0.1, -0.05) is 38.5 Å². The number of hydrogen-bond donors (Lipinski definition) is 6. The van der Waals surface area contributed by atoms with Crippen molar-refractivity contribution < 1.29 is 73.3 Å². The van der Waals surface area contributed by atoms with Gasteiger partial charge in [0.2, 0.25) is 12.2 Å². The molecule has 0 bridgehead atoms. The highest BCUT2D eigenvalue weighted by molar-refractivity contribution is 5.73. The number of benzene rings is 1. The van der Waals surface area contributed by atoms with Gasteiger partial charge in [0, 0.05) is 39.0 Å². The second-order valence-corrected chi connectivity index (χ2v) is 12.6. The van der Waals surface area contributed by atoms with E-state index in [1.54, 1.807) is 0 Å². The zero-order valence-electron chi connectivity index (χ0n) is 28.7. The number of carbonyl (C=O) groups excluding carboxylic acids is 3. The van der Waals surface area contributed by atoms with Crippen LogP contribution >= 0.6 is 0 Å². The van der Waals surface area contributed by atoms with Crippen LogP contribution in [0.3, 0.4) is 0 Å². The molecule has 1 amide bonds. The smallest absolute Gasteiger partial charge is 0.305 e. The third-order valence-corrected chi connectivity index (χ3v) is 8.60. The van der Waals surface area contributed by atoms with Gasteiger partial charge in [0.25, 0.3) is 5.69 Å². The summed E-state index contributed by atoms with van der Waals surface area (Å²) in [7, 11) is 1.28. The molecule has 2 aliphatic rings. The van der Waals surface area contributed by atoms with E-state index in [4.69, 9.17) is 28.4 Å². The Kier molecular flexibility index (Phi) is 17.4. The molecule has 0 unspecified atom stereocenters. The lowest BCUT2D eigenvalue weighted by atomic mass is 9.97. The van der Waals surface area contributed by atoms with E-state index < -0.39 is 84.1 Å². The summed E-state index contributed by atoms with van der Waals surface area (Å²) in [5, 5.41) is 64.5. The van der Waals surface area contributed by atoms with Crippen molar-refractivity contribution >= 4 is 23.5 Å². The molecule has 18 nitrogen and oxygen atoms in total. The summed E-state index contributed by atoms with van der Waals surface area (Å²) in [6.45, 7) is 0.552. The maximum Gasteiger partial charge on any atom is 0.305 e. The number of esters is 2. The number of hydrogen-bond acceptors (Lipinski definition) is 16. The van der Waals surface area contributed by atoms with Crippen LogP contribution in [-0.2, 0) is 38.1 Å². The van der Waals surface area contributed by atoms with Gasteiger partial charge in [-0.15, -0.1) is 0 Å². The minimum absolute atomic E-state index is 0.138. The number of amides is 1. The van der Waals surface area contributed by atoms with Crippen molar-refractivity contribution in [3.63, 3.8) is 0 Å². The van der Waals surface area contributed by atoms with E-state index in [1.165, 1.54) is 38.3 Å². The standard InChI is InChI=1S/C33H50N2O16/c1-19(36)34-26-29(41)27(39)22(50-32(26)49-21-15-13-20(14-16-21)35(44)45)17-47-24(37)11-9-7-5-3-4-6-8-10-12-25(38)48-18-23-28(40)30(42)31(43)33(46-2)51-23/h13-16,22-23,26-33,39-43H,3-12,17-18H2,1-2H3,(H,34,36)/t22-,23-,26-,27-,28-,29-,30+,31-,32-,33+/m1/s1. The number of nitrogens with zero attached hydrogens (tertiary/aromatic N) is 1. The second kappa shape index (κ2) is 21.1. The number of nitro benzene ring substituents is 1. The van der Waals surface area contributed by atoms with Crippen LogP contribution in [0.25, 0.3) is 0 Å². The molecule has 2 fully saturated rings. The monoisotopic (exact) mass is 730 g/mol. The molecule has 1 aromatic carbocycles. The van der Waals surface area contributed by atoms with E-state index in [-0.39, 0.29) is 37.5 Å². The average Bonchev–Trinajstić information content (AvgIpc) is 3.10. The Bertz CT molecular complexity index is 1250. The Morgan fingerprint density at radius 3 is 1.67 bits per heavy atom. The van der Waals surface area contributed by atoms with Crippen molar-refractivity contribution in [3.8, 4) is 5.75 Å². The second-order valence-electron chi connectivity index (χ2n) is 12.6. The number of rotatable bonds is 20. The number of nitro groups is 1. The SMILES string of the molecule is CO[C@H]1O[C@H](COC(=O)CCCCCCCCCCC(=O)OC[C@H]2O[C@@H](Oc3ccc([N+](=O)[O-])cc3)[C@H](NC(C)=O)[C@@H](O)[C@@H]2O)[C@@H](O)[C@H](O)[C@H]1O. The highest BCUT2D eigenvalue weighted by Crippen LogP contribution is 2.27. The fourth-order valence-electron chi connectivity index (χ4n) is 5.68. The molecule has 2 saturated heterocycles. The van der Waals surface area contributed by atoms with Crippen LogP contribution in [0.4, 0.5) is 5.69 Å². The molecule has 10 atom stereocenters. The van der Waals surface area contributed by atoms with Gasteiger partial charge in [0.1, 0.15) is 67.7 Å². The van der Waals surface area contributed by atoms with Gasteiger partial charge >= 0.3 is 11.9 Å². The molecule has 1 aromatic rings. The Morgan fingerprint density at radius 2 is 1.20 bits per heavy atom. The lowest BCUT2D eigenvalue weighted by molar-refractivity contribution is -0.384. The molecule has 2 heterocycles. The molecule has 288 valence electrons. The average molecular weight is 731 g/mol. The largest absolute Gasteiger partial charge is 0.463 e. The van der Waals surface area contributed by atoms with Crippen molar-refractivity contribution in [2.45, 2.75) is 132 Å². The highest BCUT2D eigenvalue weighted by Gasteiger charge is 2.47. The normalized spacial score (nSPS) is 29.2. The molecule has 0 aromatic heterocycles. The summed E-state index contributed by atoms with van der Waals surface area (Å²) < 4.78 is 32.2. The molecule has 2 aliphatic heterocycles. The van der Waals surface area contributed by atoms with E-state index in [2.05, 4.69) is 5.32 Å². The molecule has 6 N–H and O–H groups in total. The predicted molar refractivity (Wildman–Crippen MR) is 174 cm³/mol. The number of nitrogens with one attached hydrogen (secondary N) is 1. The van der Waals surface area contributed by atoms with E-state index in [9.17, 15) is 50.0 Å². The van der Waals surface area contributed by atoms with Crippen LogP contribution in [0.2, 0.25) is 0 Å². The lowest BCUT2D eigenvalue weighted by Gasteiger charge is -2.42. The minimum Gasteiger partial charge on any atom is -0.463 e. The summed E-state index contributed by atoms with van der Waals surface area (Å²) >= 11 is 0. The lowest BCUT2D eigenvalue weighted by Crippen LogP contribution is -2.65. The van der Waals surface area contributed by atoms with Crippen LogP contribution in [0.5, 0.6) is 5.75 Å². The fourth-order valence-corrected chi connectivity index (χ4v) is 5.68. The van der Waals surface area contributed by atoms with Gasteiger partial charge < -0.3 is 59.3 Å². The molecule has 0 aliphatic carbocycles. The minimum atomic E-state index is -1.53. The number of aliphatic hydroxyl groups is 5. The van der Waals surface area contributed by atoms with E-state index in [0.717, 1.165) is 38.5 Å². The molecular formula is C33H50N2O16. The van der Waals surface area contributed by atoms with Crippen LogP contribution in [-0.4, -0.2) is 130 Å². The number of aliphatic hydroxyl groups excluding tert-OH is 5. The van der Waals surface area contributed by atoms with Crippen LogP contribution in [0.1, 0.15) is 71.1 Å². The topological polar surface area (TPSA) is 263 Å².